The van der Waals surface area contributed by atoms with E-state index in [1.54, 1.807) is 4.57 Å². The van der Waals surface area contributed by atoms with Crippen molar-refractivity contribution in [1.29, 1.82) is 0 Å². The third kappa shape index (κ3) is 0.961. The summed E-state index contributed by atoms with van der Waals surface area (Å²) in [5, 5.41) is 7.41. The summed E-state index contributed by atoms with van der Waals surface area (Å²) < 4.78 is 14.5. The largest absolute Gasteiger partial charge is 0.368 e. The predicted molar refractivity (Wildman–Crippen MR) is 37.7 cm³/mol. The number of nitrogens with zero attached hydrogens (tertiary/aromatic N) is 3. The molecule has 0 saturated carbocycles. The molecule has 2 N–H and O–H groups in total. The number of aromatic nitrogens is 3. The van der Waals surface area contributed by atoms with Crippen molar-refractivity contribution in [2.45, 2.75) is 25.6 Å². The lowest BCUT2D eigenvalue weighted by Crippen LogP contribution is -2.21. The summed E-state index contributed by atoms with van der Waals surface area (Å²) in [5.74, 6) is 1.06. The minimum atomic E-state index is -0.772. The van der Waals surface area contributed by atoms with E-state index in [4.69, 9.17) is 5.73 Å². The van der Waals surface area contributed by atoms with Crippen LogP contribution >= 0.6 is 0 Å². The highest BCUT2D eigenvalue weighted by Crippen LogP contribution is 2.17. The molecule has 2 rings (SSSR count). The van der Waals surface area contributed by atoms with E-state index in [0.29, 0.717) is 31.2 Å². The first-order valence-electron chi connectivity index (χ1n) is 3.59. The number of anilines is 1. The topological polar surface area (TPSA) is 56.7 Å². The molecule has 4 nitrogen and oxygen atoms in total. The first-order chi connectivity index (χ1) is 5.27. The molecule has 2 heterocycles. The lowest BCUT2D eigenvalue weighted by atomic mass is 10.1. The van der Waals surface area contributed by atoms with Crippen molar-refractivity contribution in [3.8, 4) is 0 Å². The van der Waals surface area contributed by atoms with Crippen LogP contribution in [0.1, 0.15) is 12.2 Å². The number of nitrogens with two attached hydrogens (primary N) is 1. The molecule has 1 aliphatic heterocycles. The van der Waals surface area contributed by atoms with Crippen molar-refractivity contribution in [2.75, 3.05) is 5.73 Å². The van der Waals surface area contributed by atoms with E-state index in [1.165, 1.54) is 0 Å². The standard InChI is InChI=1S/C6H9FN4/c7-4-1-2-11-5(3-4)9-10-6(11)8/h4H,1-3H2,(H2,8,10). The Morgan fingerprint density at radius 3 is 3.18 bits per heavy atom. The summed E-state index contributed by atoms with van der Waals surface area (Å²) in [5.41, 5.74) is 5.47. The first-order valence-corrected chi connectivity index (χ1v) is 3.59. The molecule has 1 aromatic heterocycles. The third-order valence-electron chi connectivity index (χ3n) is 1.93. The molecule has 5 heteroatoms. The molecule has 0 bridgehead atoms. The predicted octanol–water partition coefficient (Wildman–Crippen LogP) is 0.145. The highest BCUT2D eigenvalue weighted by atomic mass is 19.1. The van der Waals surface area contributed by atoms with Crippen molar-refractivity contribution in [3.63, 3.8) is 0 Å². The van der Waals surface area contributed by atoms with Crippen molar-refractivity contribution in [2.24, 2.45) is 0 Å². The molecule has 0 aromatic carbocycles. The molecule has 60 valence electrons. The van der Waals surface area contributed by atoms with Crippen LogP contribution in [0.3, 0.4) is 0 Å². The summed E-state index contributed by atoms with van der Waals surface area (Å²) in [6.45, 7) is 0.606. The lowest BCUT2D eigenvalue weighted by Gasteiger charge is -2.16. The molecule has 0 aliphatic carbocycles. The summed E-state index contributed by atoms with van der Waals surface area (Å²) in [4.78, 5) is 0. The van der Waals surface area contributed by atoms with Gasteiger partial charge in [-0.15, -0.1) is 10.2 Å². The average Bonchev–Trinajstić information content (AvgIpc) is 2.32. The molecule has 1 atom stereocenters. The van der Waals surface area contributed by atoms with Gasteiger partial charge in [-0.1, -0.05) is 0 Å². The van der Waals surface area contributed by atoms with Gasteiger partial charge >= 0.3 is 0 Å². The van der Waals surface area contributed by atoms with E-state index in [9.17, 15) is 4.39 Å². The molecule has 1 aromatic rings. The van der Waals surface area contributed by atoms with Gasteiger partial charge in [0.15, 0.2) is 0 Å². The fourth-order valence-corrected chi connectivity index (χ4v) is 1.31. The molecule has 0 radical (unpaired) electrons. The van der Waals surface area contributed by atoms with Gasteiger partial charge in [0.1, 0.15) is 12.0 Å². The van der Waals surface area contributed by atoms with Gasteiger partial charge < -0.3 is 5.73 Å². The molecular weight excluding hydrogens is 147 g/mol. The Hall–Kier alpha value is -1.13. The smallest absolute Gasteiger partial charge is 0.221 e. The lowest BCUT2D eigenvalue weighted by molar-refractivity contribution is 0.269. The fraction of sp³-hybridized carbons (Fsp3) is 0.667. The van der Waals surface area contributed by atoms with Crippen LogP contribution in [0.2, 0.25) is 0 Å². The molecule has 1 unspecified atom stereocenters. The van der Waals surface area contributed by atoms with Gasteiger partial charge in [-0.2, -0.15) is 0 Å². The monoisotopic (exact) mass is 156 g/mol. The van der Waals surface area contributed by atoms with E-state index >= 15 is 0 Å². The van der Waals surface area contributed by atoms with Gasteiger partial charge in [0.05, 0.1) is 0 Å². The Bertz CT molecular complexity index is 270. The number of hydrogen-bond acceptors (Lipinski definition) is 3. The molecule has 0 amide bonds. The summed E-state index contributed by atoms with van der Waals surface area (Å²) >= 11 is 0. The molecule has 0 saturated heterocycles. The van der Waals surface area contributed by atoms with Crippen molar-refractivity contribution >= 4 is 5.95 Å². The van der Waals surface area contributed by atoms with Crippen LogP contribution in [0.5, 0.6) is 0 Å². The van der Waals surface area contributed by atoms with Crippen molar-refractivity contribution < 1.29 is 4.39 Å². The van der Waals surface area contributed by atoms with Crippen LogP contribution in [0.25, 0.3) is 0 Å². The Balaban J connectivity index is 2.36. The Morgan fingerprint density at radius 2 is 2.36 bits per heavy atom. The van der Waals surface area contributed by atoms with Crippen LogP contribution in [0, 0.1) is 0 Å². The number of rotatable bonds is 0. The number of nitrogen functional groups attached to an aromatic ring is 1. The van der Waals surface area contributed by atoms with Crippen LogP contribution in [-0.4, -0.2) is 20.9 Å². The summed E-state index contributed by atoms with van der Waals surface area (Å²) in [7, 11) is 0. The van der Waals surface area contributed by atoms with Crippen LogP contribution < -0.4 is 5.73 Å². The van der Waals surface area contributed by atoms with Crippen LogP contribution in [-0.2, 0) is 13.0 Å². The van der Waals surface area contributed by atoms with E-state index < -0.39 is 6.17 Å². The maximum atomic E-state index is 12.7. The molecule has 0 fully saturated rings. The Labute approximate surface area is 63.2 Å². The second-order valence-corrected chi connectivity index (χ2v) is 2.72. The SMILES string of the molecule is Nc1nnc2n1CCC(F)C2. The zero-order valence-corrected chi connectivity index (χ0v) is 6.00. The normalized spacial score (nSPS) is 23.2. The zero-order valence-electron chi connectivity index (χ0n) is 6.00. The van der Waals surface area contributed by atoms with Crippen molar-refractivity contribution in [1.82, 2.24) is 14.8 Å². The van der Waals surface area contributed by atoms with Gasteiger partial charge in [0.25, 0.3) is 0 Å². The minimum absolute atomic E-state index is 0.351. The van der Waals surface area contributed by atoms with E-state index in [1.807, 2.05) is 0 Å². The maximum Gasteiger partial charge on any atom is 0.221 e. The number of fused-ring (bicyclic) bond motifs is 1. The minimum Gasteiger partial charge on any atom is -0.368 e. The summed E-state index contributed by atoms with van der Waals surface area (Å²) in [6, 6.07) is 0. The Kier molecular flexibility index (Phi) is 1.30. The number of hydrogen-bond donors (Lipinski definition) is 1. The van der Waals surface area contributed by atoms with Crippen LogP contribution in [0.15, 0.2) is 0 Å². The maximum absolute atomic E-state index is 12.7. The molecular formula is C6H9FN4. The van der Waals surface area contributed by atoms with E-state index in [0.717, 1.165) is 0 Å². The van der Waals surface area contributed by atoms with E-state index in [-0.39, 0.29) is 0 Å². The van der Waals surface area contributed by atoms with Crippen molar-refractivity contribution in [3.05, 3.63) is 5.82 Å². The van der Waals surface area contributed by atoms with Gasteiger partial charge in [-0.25, -0.2) is 4.39 Å². The van der Waals surface area contributed by atoms with Gasteiger partial charge in [0, 0.05) is 13.0 Å². The molecule has 1 aliphatic rings. The second-order valence-electron chi connectivity index (χ2n) is 2.72. The van der Waals surface area contributed by atoms with Gasteiger partial charge in [-0.3, -0.25) is 4.57 Å². The number of halogens is 1. The average molecular weight is 156 g/mol. The number of alkyl halides is 1. The highest BCUT2D eigenvalue weighted by Gasteiger charge is 2.20. The van der Waals surface area contributed by atoms with Gasteiger partial charge in [-0.05, 0) is 6.42 Å². The molecule has 11 heavy (non-hydrogen) atoms. The van der Waals surface area contributed by atoms with E-state index in [2.05, 4.69) is 10.2 Å². The third-order valence-corrected chi connectivity index (χ3v) is 1.93. The quantitative estimate of drug-likeness (QED) is 0.581. The molecule has 0 spiro atoms. The summed E-state index contributed by atoms with van der Waals surface area (Å²) in [6.07, 6.45) is 0.102. The van der Waals surface area contributed by atoms with Gasteiger partial charge in [0.2, 0.25) is 5.95 Å². The first kappa shape index (κ1) is 6.57. The zero-order chi connectivity index (χ0) is 7.84. The fourth-order valence-electron chi connectivity index (χ4n) is 1.31. The Morgan fingerprint density at radius 1 is 1.55 bits per heavy atom. The highest BCUT2D eigenvalue weighted by molar-refractivity contribution is 5.18. The van der Waals surface area contributed by atoms with Crippen LogP contribution in [0.4, 0.5) is 10.3 Å². The second kappa shape index (κ2) is 2.18.